The largest absolute Gasteiger partial charge is 0.396 e. The Morgan fingerprint density at radius 1 is 0.846 bits per heavy atom. The zero-order valence-electron chi connectivity index (χ0n) is 8.71. The maximum Gasteiger partial charge on any atom is 0.0433 e. The van der Waals surface area contributed by atoms with Gasteiger partial charge in [0.1, 0.15) is 0 Å². The highest BCUT2D eigenvalue weighted by Gasteiger charge is 1.79. The van der Waals surface area contributed by atoms with E-state index in [0.29, 0.717) is 6.61 Å². The van der Waals surface area contributed by atoms with Gasteiger partial charge in [-0.25, -0.2) is 0 Å². The first-order chi connectivity index (χ1) is 6.41. The Kier molecular flexibility index (Phi) is 10.9. The number of hydrogen-bond donors (Lipinski definition) is 1. The van der Waals surface area contributed by atoms with Crippen molar-refractivity contribution >= 4 is 0 Å². The van der Waals surface area contributed by atoms with Crippen LogP contribution < -0.4 is 0 Å². The topological polar surface area (TPSA) is 20.2 Å². The highest BCUT2D eigenvalue weighted by molar-refractivity contribution is 4.87. The summed E-state index contributed by atoms with van der Waals surface area (Å²) in [6.45, 7) is 2.50. The summed E-state index contributed by atoms with van der Waals surface area (Å²) in [5.41, 5.74) is 0. The molecule has 0 heterocycles. The van der Waals surface area contributed by atoms with Crippen LogP contribution in [0.15, 0.2) is 24.3 Å². The van der Waals surface area contributed by atoms with Crippen LogP contribution in [0, 0.1) is 0 Å². The fourth-order valence-electron chi connectivity index (χ4n) is 1.04. The predicted octanol–water partition coefficient (Wildman–Crippen LogP) is 3.45. The normalized spacial score (nSPS) is 11.8. The molecule has 0 aromatic rings. The minimum Gasteiger partial charge on any atom is -0.396 e. The van der Waals surface area contributed by atoms with Crippen LogP contribution in [0.5, 0.6) is 0 Å². The lowest BCUT2D eigenvalue weighted by Crippen LogP contribution is -1.78. The summed E-state index contributed by atoms with van der Waals surface area (Å²) < 4.78 is 0. The third-order valence-electron chi connectivity index (χ3n) is 1.82. The van der Waals surface area contributed by atoms with Crippen molar-refractivity contribution in [1.29, 1.82) is 0 Å². The summed E-state index contributed by atoms with van der Waals surface area (Å²) in [5, 5.41) is 8.52. The number of aliphatic hydroxyl groups excluding tert-OH is 1. The van der Waals surface area contributed by atoms with Crippen LogP contribution in [0.4, 0.5) is 0 Å². The van der Waals surface area contributed by atoms with E-state index in [2.05, 4.69) is 31.2 Å². The van der Waals surface area contributed by atoms with Gasteiger partial charge in [0.05, 0.1) is 0 Å². The van der Waals surface area contributed by atoms with Crippen molar-refractivity contribution in [2.24, 2.45) is 0 Å². The number of unbranched alkanes of at least 4 members (excludes halogenated alkanes) is 3. The van der Waals surface area contributed by atoms with Crippen LogP contribution >= 0.6 is 0 Å². The molecule has 1 nitrogen and oxygen atoms in total. The van der Waals surface area contributed by atoms with Crippen LogP contribution in [0.2, 0.25) is 0 Å². The molecule has 0 atom stereocenters. The molecule has 0 aliphatic rings. The van der Waals surface area contributed by atoms with Gasteiger partial charge in [-0.05, 0) is 32.1 Å². The lowest BCUT2D eigenvalue weighted by molar-refractivity contribution is 0.289. The molecule has 0 saturated heterocycles. The highest BCUT2D eigenvalue weighted by atomic mass is 16.2. The molecule has 0 aromatic carbocycles. The smallest absolute Gasteiger partial charge is 0.0433 e. The molecule has 0 saturated carbocycles. The van der Waals surface area contributed by atoms with Crippen molar-refractivity contribution in [2.75, 3.05) is 6.61 Å². The van der Waals surface area contributed by atoms with Crippen molar-refractivity contribution in [3.8, 4) is 0 Å². The molecule has 0 spiro atoms. The van der Waals surface area contributed by atoms with Crippen LogP contribution in [0.1, 0.15) is 45.4 Å². The number of aliphatic hydroxyl groups is 1. The highest BCUT2D eigenvalue weighted by Crippen LogP contribution is 1.98. The summed E-state index contributed by atoms with van der Waals surface area (Å²) in [7, 11) is 0. The molecule has 0 radical (unpaired) electrons. The minimum absolute atomic E-state index is 0.306. The second kappa shape index (κ2) is 11.4. The molecule has 0 amide bonds. The van der Waals surface area contributed by atoms with Gasteiger partial charge in [0, 0.05) is 6.61 Å². The molecule has 0 aliphatic carbocycles. The van der Waals surface area contributed by atoms with E-state index in [0.717, 1.165) is 25.7 Å². The standard InChI is InChI=1S/C12H22O/c1-2-3-4-5-6-7-8-9-10-11-12-13/h4-5,8-9,13H,2-3,6-7,10-12H2,1H3/b5-4+,9-8+. The average Bonchev–Trinajstić information content (AvgIpc) is 2.16. The first-order valence-electron chi connectivity index (χ1n) is 5.32. The molecule has 1 N–H and O–H groups in total. The van der Waals surface area contributed by atoms with E-state index < -0.39 is 0 Å². The molecule has 0 rings (SSSR count). The van der Waals surface area contributed by atoms with Crippen molar-refractivity contribution in [3.05, 3.63) is 24.3 Å². The van der Waals surface area contributed by atoms with E-state index in [1.54, 1.807) is 0 Å². The molecule has 0 bridgehead atoms. The van der Waals surface area contributed by atoms with Gasteiger partial charge < -0.3 is 5.11 Å². The molecule has 0 fully saturated rings. The Bertz CT molecular complexity index is 136. The molecular formula is C12H22O. The van der Waals surface area contributed by atoms with Gasteiger partial charge >= 0.3 is 0 Å². The first kappa shape index (κ1) is 12.4. The zero-order valence-corrected chi connectivity index (χ0v) is 8.71. The summed E-state index contributed by atoms with van der Waals surface area (Å²) in [6, 6.07) is 0. The third kappa shape index (κ3) is 11.4. The molecule has 76 valence electrons. The van der Waals surface area contributed by atoms with Crippen LogP contribution in [-0.4, -0.2) is 11.7 Å². The Balaban J connectivity index is 3.10. The van der Waals surface area contributed by atoms with Gasteiger partial charge in [-0.15, -0.1) is 0 Å². The summed E-state index contributed by atoms with van der Waals surface area (Å²) in [4.78, 5) is 0. The van der Waals surface area contributed by atoms with Gasteiger partial charge in [-0.3, -0.25) is 0 Å². The van der Waals surface area contributed by atoms with Gasteiger partial charge in [0.2, 0.25) is 0 Å². The van der Waals surface area contributed by atoms with Crippen molar-refractivity contribution < 1.29 is 5.11 Å². The van der Waals surface area contributed by atoms with E-state index in [4.69, 9.17) is 5.11 Å². The van der Waals surface area contributed by atoms with Crippen LogP contribution in [0.25, 0.3) is 0 Å². The van der Waals surface area contributed by atoms with Crippen molar-refractivity contribution in [1.82, 2.24) is 0 Å². The maximum atomic E-state index is 8.52. The zero-order chi connectivity index (χ0) is 9.78. The Morgan fingerprint density at radius 3 is 1.92 bits per heavy atom. The van der Waals surface area contributed by atoms with Crippen molar-refractivity contribution in [2.45, 2.75) is 45.4 Å². The molecular weight excluding hydrogens is 160 g/mol. The Hall–Kier alpha value is -0.560. The molecule has 13 heavy (non-hydrogen) atoms. The molecule has 0 aliphatic heterocycles. The second-order valence-electron chi connectivity index (χ2n) is 3.17. The van der Waals surface area contributed by atoms with E-state index in [-0.39, 0.29) is 0 Å². The van der Waals surface area contributed by atoms with Crippen LogP contribution in [-0.2, 0) is 0 Å². The first-order valence-corrected chi connectivity index (χ1v) is 5.32. The molecule has 0 aromatic heterocycles. The Labute approximate surface area is 82.2 Å². The monoisotopic (exact) mass is 182 g/mol. The van der Waals surface area contributed by atoms with E-state index in [1.165, 1.54) is 12.8 Å². The summed E-state index contributed by atoms with van der Waals surface area (Å²) in [6.07, 6.45) is 15.5. The van der Waals surface area contributed by atoms with Gasteiger partial charge in [-0.2, -0.15) is 0 Å². The second-order valence-corrected chi connectivity index (χ2v) is 3.17. The van der Waals surface area contributed by atoms with Crippen molar-refractivity contribution in [3.63, 3.8) is 0 Å². The van der Waals surface area contributed by atoms with Gasteiger partial charge in [0.15, 0.2) is 0 Å². The minimum atomic E-state index is 0.306. The molecule has 1 heteroatoms. The van der Waals surface area contributed by atoms with Gasteiger partial charge in [-0.1, -0.05) is 37.6 Å². The van der Waals surface area contributed by atoms with E-state index >= 15 is 0 Å². The predicted molar refractivity (Wildman–Crippen MR) is 58.7 cm³/mol. The summed E-state index contributed by atoms with van der Waals surface area (Å²) >= 11 is 0. The quantitative estimate of drug-likeness (QED) is 0.450. The lowest BCUT2D eigenvalue weighted by Gasteiger charge is -1.89. The molecule has 0 unspecified atom stereocenters. The van der Waals surface area contributed by atoms with Gasteiger partial charge in [0.25, 0.3) is 0 Å². The third-order valence-corrected chi connectivity index (χ3v) is 1.82. The summed E-state index contributed by atoms with van der Waals surface area (Å²) in [5.74, 6) is 0. The van der Waals surface area contributed by atoms with E-state index in [1.807, 2.05) is 0 Å². The number of hydrogen-bond acceptors (Lipinski definition) is 1. The maximum absolute atomic E-state index is 8.52. The average molecular weight is 182 g/mol. The Morgan fingerprint density at radius 2 is 1.38 bits per heavy atom. The number of allylic oxidation sites excluding steroid dienone is 4. The fraction of sp³-hybridized carbons (Fsp3) is 0.667. The van der Waals surface area contributed by atoms with Crippen LogP contribution in [0.3, 0.4) is 0 Å². The lowest BCUT2D eigenvalue weighted by atomic mass is 10.2. The van der Waals surface area contributed by atoms with E-state index in [9.17, 15) is 0 Å². The fourth-order valence-corrected chi connectivity index (χ4v) is 1.04. The number of rotatable bonds is 8. The SMILES string of the molecule is CCC/C=C/CC/C=C/CCCO.